The van der Waals surface area contributed by atoms with Crippen LogP contribution in [-0.4, -0.2) is 40.0 Å². The number of carboxylic acids is 1. The first kappa shape index (κ1) is 18.6. The van der Waals surface area contributed by atoms with Gasteiger partial charge in [0.2, 0.25) is 0 Å². The minimum absolute atomic E-state index is 0.0375. The second-order valence-electron chi connectivity index (χ2n) is 7.83. The number of rotatable bonds is 3. The van der Waals surface area contributed by atoms with Crippen LogP contribution in [0.1, 0.15) is 54.5 Å². The second kappa shape index (κ2) is 6.83. The number of nitrogens with zero attached hydrogens (tertiary/aromatic N) is 2. The van der Waals surface area contributed by atoms with E-state index in [4.69, 9.17) is 0 Å². The van der Waals surface area contributed by atoms with Crippen molar-refractivity contribution in [3.63, 3.8) is 0 Å². The molecule has 0 saturated carbocycles. The molecule has 2 aromatic rings. The minimum Gasteiger partial charge on any atom is -0.481 e. The summed E-state index contributed by atoms with van der Waals surface area (Å²) in [6, 6.07) is 9.35. The number of carbonyl (C=O) groups is 2. The van der Waals surface area contributed by atoms with Crippen LogP contribution in [0.5, 0.6) is 0 Å². The summed E-state index contributed by atoms with van der Waals surface area (Å²) in [6.07, 6.45) is 0.837. The van der Waals surface area contributed by atoms with Crippen LogP contribution in [-0.2, 0) is 15.6 Å². The first-order valence-electron chi connectivity index (χ1n) is 8.78. The number of hydrogen-bond donors (Lipinski definition) is 1. The SMILES string of the molecule is CC(C)(C)c1ncsc1C(=O)N1CCC(C(=O)O)(c2ccccc2)CC1. The maximum absolute atomic E-state index is 13.0. The van der Waals surface area contributed by atoms with Crippen molar-refractivity contribution in [2.75, 3.05) is 13.1 Å². The molecule has 138 valence electrons. The van der Waals surface area contributed by atoms with E-state index in [2.05, 4.69) is 4.98 Å². The van der Waals surface area contributed by atoms with Crippen molar-refractivity contribution in [3.8, 4) is 0 Å². The zero-order valence-electron chi connectivity index (χ0n) is 15.4. The first-order valence-corrected chi connectivity index (χ1v) is 9.66. The summed E-state index contributed by atoms with van der Waals surface area (Å²) in [5.74, 6) is -0.853. The number of piperidine rings is 1. The highest BCUT2D eigenvalue weighted by Gasteiger charge is 2.44. The van der Waals surface area contributed by atoms with E-state index in [0.717, 1.165) is 11.3 Å². The number of likely N-dealkylation sites (tertiary alicyclic amines) is 1. The fourth-order valence-corrected chi connectivity index (χ4v) is 4.51. The lowest BCUT2D eigenvalue weighted by atomic mass is 9.73. The van der Waals surface area contributed by atoms with Crippen LogP contribution < -0.4 is 0 Å². The molecule has 6 heteroatoms. The topological polar surface area (TPSA) is 70.5 Å². The highest BCUT2D eigenvalue weighted by atomic mass is 32.1. The van der Waals surface area contributed by atoms with E-state index >= 15 is 0 Å². The van der Waals surface area contributed by atoms with Crippen molar-refractivity contribution in [3.05, 3.63) is 52.0 Å². The molecule has 0 radical (unpaired) electrons. The summed E-state index contributed by atoms with van der Waals surface area (Å²) in [6.45, 7) is 6.99. The van der Waals surface area contributed by atoms with Gasteiger partial charge in [-0.15, -0.1) is 11.3 Å². The summed E-state index contributed by atoms with van der Waals surface area (Å²) in [7, 11) is 0. The second-order valence-corrected chi connectivity index (χ2v) is 8.68. The van der Waals surface area contributed by atoms with E-state index in [-0.39, 0.29) is 11.3 Å². The molecule has 0 atom stereocenters. The predicted octanol–water partition coefficient (Wildman–Crippen LogP) is 3.70. The molecule has 1 aromatic carbocycles. The van der Waals surface area contributed by atoms with Gasteiger partial charge in [0.05, 0.1) is 16.6 Å². The number of thiazole rings is 1. The van der Waals surface area contributed by atoms with Gasteiger partial charge < -0.3 is 10.0 Å². The van der Waals surface area contributed by atoms with Crippen molar-refractivity contribution in [2.45, 2.75) is 44.4 Å². The summed E-state index contributed by atoms with van der Waals surface area (Å²) in [5, 5.41) is 9.89. The third-order valence-corrected chi connectivity index (χ3v) is 5.93. The van der Waals surface area contributed by atoms with E-state index in [1.165, 1.54) is 11.3 Å². The minimum atomic E-state index is -0.918. The highest BCUT2D eigenvalue weighted by Crippen LogP contribution is 2.37. The van der Waals surface area contributed by atoms with Crippen molar-refractivity contribution >= 4 is 23.2 Å². The van der Waals surface area contributed by atoms with Crippen molar-refractivity contribution < 1.29 is 14.7 Å². The molecule has 5 nitrogen and oxygen atoms in total. The third kappa shape index (κ3) is 3.26. The normalized spacial score (nSPS) is 17.1. The molecule has 0 unspecified atom stereocenters. The molecule has 3 rings (SSSR count). The molecule has 1 aromatic heterocycles. The molecule has 1 saturated heterocycles. The quantitative estimate of drug-likeness (QED) is 0.892. The van der Waals surface area contributed by atoms with Crippen LogP contribution in [0.2, 0.25) is 0 Å². The molecule has 0 aliphatic carbocycles. The molecule has 1 aliphatic rings. The number of aromatic nitrogens is 1. The van der Waals surface area contributed by atoms with E-state index in [9.17, 15) is 14.7 Å². The molecular formula is C20H24N2O3S. The van der Waals surface area contributed by atoms with Crippen molar-refractivity contribution in [1.29, 1.82) is 0 Å². The molecule has 26 heavy (non-hydrogen) atoms. The Hall–Kier alpha value is -2.21. The van der Waals surface area contributed by atoms with Crippen LogP contribution in [0.25, 0.3) is 0 Å². The van der Waals surface area contributed by atoms with Gasteiger partial charge in [-0.25, -0.2) is 4.98 Å². The molecule has 2 heterocycles. The zero-order chi connectivity index (χ0) is 18.9. The molecule has 0 bridgehead atoms. The van der Waals surface area contributed by atoms with Crippen molar-refractivity contribution in [1.82, 2.24) is 9.88 Å². The molecule has 1 fully saturated rings. The number of benzene rings is 1. The van der Waals surface area contributed by atoms with E-state index in [1.807, 2.05) is 51.1 Å². The van der Waals surface area contributed by atoms with Crippen molar-refractivity contribution in [2.24, 2.45) is 0 Å². The van der Waals surface area contributed by atoms with E-state index in [1.54, 1.807) is 10.4 Å². The third-order valence-electron chi connectivity index (χ3n) is 5.11. The summed E-state index contributed by atoms with van der Waals surface area (Å²) in [4.78, 5) is 31.9. The van der Waals surface area contributed by atoms with Crippen LogP contribution in [0.4, 0.5) is 0 Å². The Balaban J connectivity index is 1.81. The molecule has 1 aliphatic heterocycles. The van der Waals surface area contributed by atoms with Crippen LogP contribution in [0, 0.1) is 0 Å². The summed E-state index contributed by atoms with van der Waals surface area (Å²) < 4.78 is 0. The zero-order valence-corrected chi connectivity index (χ0v) is 16.2. The van der Waals surface area contributed by atoms with Gasteiger partial charge >= 0.3 is 5.97 Å². The van der Waals surface area contributed by atoms with E-state index in [0.29, 0.717) is 30.8 Å². The molecular weight excluding hydrogens is 348 g/mol. The van der Waals surface area contributed by atoms with Gasteiger partial charge in [-0.1, -0.05) is 51.1 Å². The summed E-state index contributed by atoms with van der Waals surface area (Å²) in [5.41, 5.74) is 2.22. The van der Waals surface area contributed by atoms with Gasteiger partial charge in [0.25, 0.3) is 5.91 Å². The van der Waals surface area contributed by atoms with Crippen LogP contribution in [0.15, 0.2) is 35.8 Å². The van der Waals surface area contributed by atoms with E-state index < -0.39 is 11.4 Å². The van der Waals surface area contributed by atoms with Crippen LogP contribution in [0.3, 0.4) is 0 Å². The number of carbonyl (C=O) groups excluding carboxylic acids is 1. The number of aliphatic carboxylic acids is 1. The van der Waals surface area contributed by atoms with Gasteiger partial charge in [0.1, 0.15) is 4.88 Å². The number of amides is 1. The fourth-order valence-electron chi connectivity index (χ4n) is 3.55. The maximum atomic E-state index is 13.0. The molecule has 1 N–H and O–H groups in total. The van der Waals surface area contributed by atoms with Gasteiger partial charge in [-0.3, -0.25) is 9.59 Å². The molecule has 0 spiro atoms. The monoisotopic (exact) mass is 372 g/mol. The fraction of sp³-hybridized carbons (Fsp3) is 0.450. The Morgan fingerprint density at radius 3 is 2.31 bits per heavy atom. The predicted molar refractivity (Wildman–Crippen MR) is 102 cm³/mol. The standard InChI is InChI=1S/C20H24N2O3S/c1-19(2,3)16-15(26-13-21-16)17(23)22-11-9-20(10-12-22,18(24)25)14-7-5-4-6-8-14/h4-8,13H,9-12H2,1-3H3,(H,24,25). The van der Waals surface area contributed by atoms with Gasteiger partial charge in [-0.05, 0) is 18.4 Å². The van der Waals surface area contributed by atoms with Gasteiger partial charge in [-0.2, -0.15) is 0 Å². The Kier molecular flexibility index (Phi) is 4.88. The average Bonchev–Trinajstić information content (AvgIpc) is 3.12. The first-order chi connectivity index (χ1) is 12.3. The Labute approximate surface area is 157 Å². The Morgan fingerprint density at radius 2 is 1.77 bits per heavy atom. The van der Waals surface area contributed by atoms with Crippen LogP contribution >= 0.6 is 11.3 Å². The Bertz CT molecular complexity index is 800. The highest BCUT2D eigenvalue weighted by molar-refractivity contribution is 7.11. The number of carboxylic acid groups (broad SMARTS) is 1. The Morgan fingerprint density at radius 1 is 1.15 bits per heavy atom. The lowest BCUT2D eigenvalue weighted by molar-refractivity contribution is -0.145. The summed E-state index contributed by atoms with van der Waals surface area (Å²) >= 11 is 1.36. The lowest BCUT2D eigenvalue weighted by Crippen LogP contribution is -2.49. The molecule has 1 amide bonds. The van der Waals surface area contributed by atoms with Gasteiger partial charge in [0.15, 0.2) is 0 Å². The maximum Gasteiger partial charge on any atom is 0.314 e. The number of hydrogen-bond acceptors (Lipinski definition) is 4. The smallest absolute Gasteiger partial charge is 0.314 e. The lowest BCUT2D eigenvalue weighted by Gasteiger charge is -2.39. The largest absolute Gasteiger partial charge is 0.481 e. The average molecular weight is 372 g/mol. The van der Waals surface area contributed by atoms with Gasteiger partial charge in [0, 0.05) is 18.5 Å².